The Bertz CT molecular complexity index is 958. The molecule has 2 aromatic carbocycles. The molecule has 156 valence electrons. The predicted octanol–water partition coefficient (Wildman–Crippen LogP) is 4.50. The number of carbonyl (C=O) groups is 2. The summed E-state index contributed by atoms with van der Waals surface area (Å²) in [6.07, 6.45) is 2.25. The summed E-state index contributed by atoms with van der Waals surface area (Å²) in [7, 11) is 0. The van der Waals surface area contributed by atoms with E-state index in [1.54, 1.807) is 23.3 Å². The summed E-state index contributed by atoms with van der Waals surface area (Å²) in [5, 5.41) is 0. The van der Waals surface area contributed by atoms with E-state index < -0.39 is 5.82 Å². The van der Waals surface area contributed by atoms with E-state index in [-0.39, 0.29) is 23.9 Å². The Morgan fingerprint density at radius 3 is 2.40 bits per heavy atom. The first-order valence-corrected chi connectivity index (χ1v) is 9.95. The summed E-state index contributed by atoms with van der Waals surface area (Å²) in [6, 6.07) is 18.8. The van der Waals surface area contributed by atoms with Gasteiger partial charge in [0.15, 0.2) is 0 Å². The summed E-state index contributed by atoms with van der Waals surface area (Å²) in [6.45, 7) is 2.95. The average Bonchev–Trinajstić information content (AvgIpc) is 3.26. The highest BCUT2D eigenvalue weighted by atomic mass is 19.1. The summed E-state index contributed by atoms with van der Waals surface area (Å²) in [4.78, 5) is 29.2. The first-order valence-electron chi connectivity index (χ1n) is 9.95. The van der Waals surface area contributed by atoms with Gasteiger partial charge in [0.25, 0.3) is 5.91 Å². The molecule has 0 radical (unpaired) electrons. The standard InChI is InChI=1S/C24H25FN2O3/c1-2-13-26(24(29)20-10-6-11-21(25)15-20)18-23(28)27(17-22-12-7-14-30-22)16-19-8-4-3-5-9-19/h3-12,14-15H,2,13,16-18H2,1H3. The van der Waals surface area contributed by atoms with Crippen LogP contribution < -0.4 is 0 Å². The van der Waals surface area contributed by atoms with Crippen molar-refractivity contribution in [1.82, 2.24) is 9.80 Å². The number of amides is 2. The molecule has 5 nitrogen and oxygen atoms in total. The number of nitrogens with zero attached hydrogens (tertiary/aromatic N) is 2. The zero-order valence-electron chi connectivity index (χ0n) is 17.0. The van der Waals surface area contributed by atoms with E-state index in [2.05, 4.69) is 0 Å². The van der Waals surface area contributed by atoms with Crippen LogP contribution in [0.25, 0.3) is 0 Å². The monoisotopic (exact) mass is 408 g/mol. The molecular weight excluding hydrogens is 383 g/mol. The zero-order valence-corrected chi connectivity index (χ0v) is 17.0. The van der Waals surface area contributed by atoms with E-state index in [4.69, 9.17) is 4.42 Å². The molecule has 6 heteroatoms. The minimum atomic E-state index is -0.479. The van der Waals surface area contributed by atoms with Crippen molar-refractivity contribution in [2.75, 3.05) is 13.1 Å². The molecule has 0 N–H and O–H groups in total. The van der Waals surface area contributed by atoms with Gasteiger partial charge in [0, 0.05) is 18.7 Å². The lowest BCUT2D eigenvalue weighted by Gasteiger charge is -2.27. The Morgan fingerprint density at radius 1 is 0.933 bits per heavy atom. The van der Waals surface area contributed by atoms with Gasteiger partial charge in [-0.15, -0.1) is 0 Å². The summed E-state index contributed by atoms with van der Waals surface area (Å²) >= 11 is 0. The SMILES string of the molecule is CCCN(CC(=O)N(Cc1ccccc1)Cc1ccco1)C(=O)c1cccc(F)c1. The van der Waals surface area contributed by atoms with Crippen LogP contribution >= 0.6 is 0 Å². The maximum atomic E-state index is 13.6. The fraction of sp³-hybridized carbons (Fsp3) is 0.250. The maximum absolute atomic E-state index is 13.6. The zero-order chi connectivity index (χ0) is 21.3. The van der Waals surface area contributed by atoms with Gasteiger partial charge in [-0.2, -0.15) is 0 Å². The van der Waals surface area contributed by atoms with Gasteiger partial charge < -0.3 is 14.2 Å². The Kier molecular flexibility index (Phi) is 7.38. The van der Waals surface area contributed by atoms with E-state index in [0.29, 0.717) is 31.8 Å². The van der Waals surface area contributed by atoms with Crippen LogP contribution in [0, 0.1) is 5.82 Å². The summed E-state index contributed by atoms with van der Waals surface area (Å²) < 4.78 is 19.0. The molecule has 0 aliphatic heterocycles. The molecular formula is C24H25FN2O3. The first-order chi connectivity index (χ1) is 14.6. The Balaban J connectivity index is 1.77. The van der Waals surface area contributed by atoms with Crippen molar-refractivity contribution >= 4 is 11.8 Å². The second-order valence-electron chi connectivity index (χ2n) is 7.05. The Hall–Kier alpha value is -3.41. The largest absolute Gasteiger partial charge is 0.467 e. The van der Waals surface area contributed by atoms with E-state index in [9.17, 15) is 14.0 Å². The predicted molar refractivity (Wildman–Crippen MR) is 112 cm³/mol. The second kappa shape index (κ2) is 10.4. The molecule has 0 saturated heterocycles. The average molecular weight is 408 g/mol. The third-order valence-electron chi connectivity index (χ3n) is 4.67. The normalized spacial score (nSPS) is 10.6. The fourth-order valence-corrected chi connectivity index (χ4v) is 3.22. The molecule has 0 atom stereocenters. The fourth-order valence-electron chi connectivity index (χ4n) is 3.22. The van der Waals surface area contributed by atoms with Gasteiger partial charge in [0.2, 0.25) is 5.91 Å². The summed E-state index contributed by atoms with van der Waals surface area (Å²) in [5.41, 5.74) is 1.22. The number of furan rings is 1. The number of hydrogen-bond acceptors (Lipinski definition) is 3. The van der Waals surface area contributed by atoms with Crippen LogP contribution in [0.3, 0.4) is 0 Å². The van der Waals surface area contributed by atoms with Crippen molar-refractivity contribution in [1.29, 1.82) is 0 Å². The van der Waals surface area contributed by atoms with Crippen LogP contribution in [0.4, 0.5) is 4.39 Å². The van der Waals surface area contributed by atoms with Crippen molar-refractivity contribution in [3.05, 3.63) is 95.7 Å². The van der Waals surface area contributed by atoms with Crippen LogP contribution in [0.15, 0.2) is 77.4 Å². The molecule has 3 rings (SSSR count). The lowest BCUT2D eigenvalue weighted by atomic mass is 10.1. The van der Waals surface area contributed by atoms with Crippen LogP contribution in [0.5, 0.6) is 0 Å². The lowest BCUT2D eigenvalue weighted by Crippen LogP contribution is -2.42. The molecule has 0 bridgehead atoms. The highest BCUT2D eigenvalue weighted by Gasteiger charge is 2.23. The van der Waals surface area contributed by atoms with Crippen LogP contribution in [-0.4, -0.2) is 34.7 Å². The van der Waals surface area contributed by atoms with E-state index in [1.807, 2.05) is 43.3 Å². The van der Waals surface area contributed by atoms with Gasteiger partial charge >= 0.3 is 0 Å². The van der Waals surface area contributed by atoms with Crippen molar-refractivity contribution in [3.63, 3.8) is 0 Å². The molecule has 0 aliphatic rings. The van der Waals surface area contributed by atoms with Gasteiger partial charge in [0.05, 0.1) is 12.8 Å². The van der Waals surface area contributed by atoms with Gasteiger partial charge in [-0.25, -0.2) is 4.39 Å². The number of halogens is 1. The van der Waals surface area contributed by atoms with Gasteiger partial charge in [-0.3, -0.25) is 9.59 Å². The number of hydrogen-bond donors (Lipinski definition) is 0. The molecule has 0 unspecified atom stereocenters. The van der Waals surface area contributed by atoms with Crippen molar-refractivity contribution < 1.29 is 18.4 Å². The minimum absolute atomic E-state index is 0.0866. The lowest BCUT2D eigenvalue weighted by molar-refractivity contribution is -0.133. The van der Waals surface area contributed by atoms with Crippen molar-refractivity contribution in [2.24, 2.45) is 0 Å². The molecule has 1 aromatic heterocycles. The highest BCUT2D eigenvalue weighted by Crippen LogP contribution is 2.13. The van der Waals surface area contributed by atoms with Gasteiger partial charge in [-0.05, 0) is 42.3 Å². The third kappa shape index (κ3) is 5.80. The quantitative estimate of drug-likeness (QED) is 0.524. The molecule has 0 saturated carbocycles. The van der Waals surface area contributed by atoms with Crippen LogP contribution in [0.1, 0.15) is 35.0 Å². The van der Waals surface area contributed by atoms with E-state index in [0.717, 1.165) is 5.56 Å². The molecule has 2 amide bonds. The van der Waals surface area contributed by atoms with Crippen LogP contribution in [-0.2, 0) is 17.9 Å². The molecule has 0 fully saturated rings. The molecule has 0 aliphatic carbocycles. The number of rotatable bonds is 9. The maximum Gasteiger partial charge on any atom is 0.254 e. The smallest absolute Gasteiger partial charge is 0.254 e. The van der Waals surface area contributed by atoms with Gasteiger partial charge in [0.1, 0.15) is 18.1 Å². The van der Waals surface area contributed by atoms with E-state index >= 15 is 0 Å². The Morgan fingerprint density at radius 2 is 1.73 bits per heavy atom. The number of carbonyl (C=O) groups excluding carboxylic acids is 2. The molecule has 3 aromatic rings. The van der Waals surface area contributed by atoms with Crippen molar-refractivity contribution in [3.8, 4) is 0 Å². The minimum Gasteiger partial charge on any atom is -0.467 e. The topological polar surface area (TPSA) is 53.8 Å². The highest BCUT2D eigenvalue weighted by molar-refractivity contribution is 5.96. The van der Waals surface area contributed by atoms with Gasteiger partial charge in [-0.1, -0.05) is 43.3 Å². The summed E-state index contributed by atoms with van der Waals surface area (Å²) in [5.74, 6) is -0.374. The van der Waals surface area contributed by atoms with Crippen LogP contribution in [0.2, 0.25) is 0 Å². The second-order valence-corrected chi connectivity index (χ2v) is 7.05. The van der Waals surface area contributed by atoms with E-state index in [1.165, 1.54) is 23.1 Å². The number of benzene rings is 2. The third-order valence-corrected chi connectivity index (χ3v) is 4.67. The molecule has 1 heterocycles. The molecule has 30 heavy (non-hydrogen) atoms. The first kappa shape index (κ1) is 21.3. The Labute approximate surface area is 175 Å². The molecule has 0 spiro atoms. The van der Waals surface area contributed by atoms with Crippen molar-refractivity contribution in [2.45, 2.75) is 26.4 Å².